The molecule has 0 N–H and O–H groups in total. The quantitative estimate of drug-likeness (QED) is 0.720. The number of rotatable bonds is 5. The molecule has 3 nitrogen and oxygen atoms in total. The van der Waals surface area contributed by atoms with Crippen LogP contribution in [0.1, 0.15) is 44.6 Å². The number of halogens is 1. The summed E-state index contributed by atoms with van der Waals surface area (Å²) in [5, 5.41) is 0. The highest BCUT2D eigenvalue weighted by Crippen LogP contribution is 2.39. The largest absolute Gasteiger partial charge is 0.309 e. The monoisotopic (exact) mass is 384 g/mol. The average molecular weight is 385 g/mol. The summed E-state index contributed by atoms with van der Waals surface area (Å²) in [7, 11) is 0. The van der Waals surface area contributed by atoms with Gasteiger partial charge in [-0.25, -0.2) is 0 Å². The van der Waals surface area contributed by atoms with Gasteiger partial charge in [0.05, 0.1) is 0 Å². The highest BCUT2D eigenvalue weighted by molar-refractivity contribution is 5.93. The van der Waals surface area contributed by atoms with Crippen LogP contribution in [0.5, 0.6) is 0 Å². The molecule has 4 rings (SSSR count). The fourth-order valence-corrected chi connectivity index (χ4v) is 4.83. The van der Waals surface area contributed by atoms with Crippen molar-refractivity contribution < 1.29 is 4.79 Å². The molecule has 2 saturated heterocycles. The van der Waals surface area contributed by atoms with Gasteiger partial charge in [0, 0.05) is 36.8 Å². The first kappa shape index (κ1) is 19.9. The van der Waals surface area contributed by atoms with E-state index >= 15 is 0 Å². The zero-order valence-corrected chi connectivity index (χ0v) is 16.8. The minimum absolute atomic E-state index is 0. The van der Waals surface area contributed by atoms with Crippen molar-refractivity contribution >= 4 is 24.0 Å². The lowest BCUT2D eigenvalue weighted by Crippen LogP contribution is -2.52. The minimum Gasteiger partial charge on any atom is -0.309 e. The number of amides is 1. The van der Waals surface area contributed by atoms with Gasteiger partial charge < -0.3 is 4.90 Å². The van der Waals surface area contributed by atoms with Gasteiger partial charge in [0.15, 0.2) is 0 Å². The van der Waals surface area contributed by atoms with Gasteiger partial charge in [0.25, 0.3) is 0 Å². The maximum absolute atomic E-state index is 12.7. The Labute approximate surface area is 168 Å². The number of anilines is 1. The van der Waals surface area contributed by atoms with Gasteiger partial charge in [-0.2, -0.15) is 0 Å². The number of hydrogen-bond acceptors (Lipinski definition) is 2. The lowest BCUT2D eigenvalue weighted by atomic mass is 9.94. The Kier molecular flexibility index (Phi) is 6.56. The molecule has 2 aromatic rings. The Hall–Kier alpha value is -1.84. The number of hydrogen-bond donors (Lipinski definition) is 0. The van der Waals surface area contributed by atoms with Crippen LogP contribution in [0.2, 0.25) is 0 Å². The number of para-hydroxylation sites is 1. The fraction of sp³-hybridized carbons (Fsp3) is 0.435. The van der Waals surface area contributed by atoms with E-state index in [0.29, 0.717) is 24.5 Å². The van der Waals surface area contributed by atoms with E-state index in [4.69, 9.17) is 0 Å². The SMILES string of the molecule is CCC(=O)N(c1ccccc1)C1C[C@H]2CC[C@@H](C1)N2Cc1ccccc1.Cl. The predicted molar refractivity (Wildman–Crippen MR) is 113 cm³/mol. The van der Waals surface area contributed by atoms with Crippen molar-refractivity contribution in [2.75, 3.05) is 4.90 Å². The molecular formula is C23H29ClN2O. The Bertz CT molecular complexity index is 723. The van der Waals surface area contributed by atoms with Crippen LogP contribution in [-0.4, -0.2) is 28.9 Å². The third-order valence-corrected chi connectivity index (χ3v) is 6.04. The normalized spacial score (nSPS) is 24.3. The molecule has 0 saturated carbocycles. The Balaban J connectivity index is 0.00000210. The van der Waals surface area contributed by atoms with Gasteiger partial charge >= 0.3 is 0 Å². The van der Waals surface area contributed by atoms with Crippen LogP contribution in [0, 0.1) is 0 Å². The van der Waals surface area contributed by atoms with E-state index in [0.717, 1.165) is 25.1 Å². The second-order valence-corrected chi connectivity index (χ2v) is 7.62. The highest BCUT2D eigenvalue weighted by Gasteiger charge is 2.43. The van der Waals surface area contributed by atoms with Crippen molar-refractivity contribution in [2.24, 2.45) is 0 Å². The molecular weight excluding hydrogens is 356 g/mol. The smallest absolute Gasteiger partial charge is 0.226 e. The first-order valence-electron chi connectivity index (χ1n) is 9.93. The van der Waals surface area contributed by atoms with Crippen molar-refractivity contribution in [3.05, 3.63) is 66.2 Å². The molecule has 144 valence electrons. The van der Waals surface area contributed by atoms with Crippen molar-refractivity contribution in [1.29, 1.82) is 0 Å². The number of nitrogens with zero attached hydrogens (tertiary/aromatic N) is 2. The number of carbonyl (C=O) groups is 1. The molecule has 2 bridgehead atoms. The van der Waals surface area contributed by atoms with Gasteiger partial charge in [-0.1, -0.05) is 55.5 Å². The van der Waals surface area contributed by atoms with E-state index in [1.165, 1.54) is 18.4 Å². The molecule has 2 aliphatic rings. The Morgan fingerprint density at radius 1 is 0.963 bits per heavy atom. The van der Waals surface area contributed by atoms with Crippen LogP contribution < -0.4 is 4.90 Å². The van der Waals surface area contributed by atoms with Crippen LogP contribution in [-0.2, 0) is 11.3 Å². The van der Waals surface area contributed by atoms with Crippen molar-refractivity contribution in [3.63, 3.8) is 0 Å². The van der Waals surface area contributed by atoms with Crippen LogP contribution in [0.25, 0.3) is 0 Å². The first-order chi connectivity index (χ1) is 12.8. The molecule has 4 heteroatoms. The summed E-state index contributed by atoms with van der Waals surface area (Å²) in [5.41, 5.74) is 2.45. The molecule has 1 unspecified atom stereocenters. The Morgan fingerprint density at radius 2 is 1.52 bits per heavy atom. The van der Waals surface area contributed by atoms with Crippen LogP contribution in [0.4, 0.5) is 5.69 Å². The molecule has 1 amide bonds. The topological polar surface area (TPSA) is 23.6 Å². The summed E-state index contributed by atoms with van der Waals surface area (Å²) in [6.45, 7) is 3.01. The van der Waals surface area contributed by atoms with Crippen molar-refractivity contribution in [2.45, 2.75) is 63.7 Å². The van der Waals surface area contributed by atoms with Crippen LogP contribution >= 0.6 is 12.4 Å². The van der Waals surface area contributed by atoms with E-state index in [9.17, 15) is 4.79 Å². The van der Waals surface area contributed by atoms with E-state index in [1.807, 2.05) is 25.1 Å². The van der Waals surface area contributed by atoms with Gasteiger partial charge in [0.2, 0.25) is 5.91 Å². The van der Waals surface area contributed by atoms with E-state index in [-0.39, 0.29) is 18.3 Å². The molecule has 2 aliphatic heterocycles. The van der Waals surface area contributed by atoms with Gasteiger partial charge in [0.1, 0.15) is 0 Å². The van der Waals surface area contributed by atoms with E-state index in [1.54, 1.807) is 0 Å². The molecule has 3 atom stereocenters. The molecule has 0 aromatic heterocycles. The summed E-state index contributed by atoms with van der Waals surface area (Å²) in [4.78, 5) is 17.5. The zero-order valence-electron chi connectivity index (χ0n) is 16.0. The third kappa shape index (κ3) is 4.20. The van der Waals surface area contributed by atoms with E-state index < -0.39 is 0 Å². The number of benzene rings is 2. The predicted octanol–water partition coefficient (Wildman–Crippen LogP) is 5.05. The molecule has 0 aliphatic carbocycles. The van der Waals surface area contributed by atoms with Crippen molar-refractivity contribution in [1.82, 2.24) is 4.90 Å². The zero-order chi connectivity index (χ0) is 17.9. The maximum Gasteiger partial charge on any atom is 0.226 e. The Morgan fingerprint density at radius 3 is 2.07 bits per heavy atom. The lowest BCUT2D eigenvalue weighted by Gasteiger charge is -2.43. The lowest BCUT2D eigenvalue weighted by molar-refractivity contribution is -0.119. The van der Waals surface area contributed by atoms with E-state index in [2.05, 4.69) is 52.3 Å². The van der Waals surface area contributed by atoms with Gasteiger partial charge in [-0.05, 0) is 43.4 Å². The summed E-state index contributed by atoms with van der Waals surface area (Å²) >= 11 is 0. The third-order valence-electron chi connectivity index (χ3n) is 6.04. The number of fused-ring (bicyclic) bond motifs is 2. The van der Waals surface area contributed by atoms with Crippen LogP contribution in [0.3, 0.4) is 0 Å². The number of piperidine rings is 1. The van der Waals surface area contributed by atoms with Gasteiger partial charge in [-0.3, -0.25) is 9.69 Å². The molecule has 2 fully saturated rings. The molecule has 2 heterocycles. The molecule has 27 heavy (non-hydrogen) atoms. The molecule has 0 spiro atoms. The summed E-state index contributed by atoms with van der Waals surface area (Å²) in [6.07, 6.45) is 5.26. The summed E-state index contributed by atoms with van der Waals surface area (Å²) in [5.74, 6) is 0.247. The minimum atomic E-state index is 0. The standard InChI is InChI=1S/C23H28N2O.ClH/c1-2-23(26)25(19-11-7-4-8-12-19)22-15-20-13-14-21(16-22)24(20)17-18-9-5-3-6-10-18;/h3-12,20-22H,2,13-17H2,1H3;1H/t20-,21+,22?;. The van der Waals surface area contributed by atoms with Crippen LogP contribution in [0.15, 0.2) is 60.7 Å². The molecule has 2 aromatic carbocycles. The average Bonchev–Trinajstić information content (AvgIpc) is 2.91. The fourth-order valence-electron chi connectivity index (χ4n) is 4.83. The van der Waals surface area contributed by atoms with Gasteiger partial charge in [-0.15, -0.1) is 12.4 Å². The maximum atomic E-state index is 12.7. The second kappa shape index (κ2) is 8.90. The number of carbonyl (C=O) groups excluding carboxylic acids is 1. The highest BCUT2D eigenvalue weighted by atomic mass is 35.5. The first-order valence-corrected chi connectivity index (χ1v) is 9.93. The molecule has 0 radical (unpaired) electrons. The van der Waals surface area contributed by atoms with Crippen molar-refractivity contribution in [3.8, 4) is 0 Å². The summed E-state index contributed by atoms with van der Waals surface area (Å²) < 4.78 is 0. The second-order valence-electron chi connectivity index (χ2n) is 7.62. The summed E-state index contributed by atoms with van der Waals surface area (Å²) in [6, 6.07) is 22.5.